The van der Waals surface area contributed by atoms with Crippen molar-refractivity contribution in [1.82, 2.24) is 0 Å². The number of anilines is 2. The largest absolute Gasteiger partial charge is 1.00 e. The molecule has 1 heterocycles. The number of rotatable bonds is 3. The number of benzene rings is 3. The molecule has 3 aromatic carbocycles. The molecule has 0 unspecified atom stereocenters. The van der Waals surface area contributed by atoms with Crippen LogP contribution in [0.4, 0.5) is 11.4 Å². The molecule has 0 atom stereocenters. The lowest BCUT2D eigenvalue weighted by Crippen LogP contribution is -3.00. The molecule has 0 spiro atoms. The molecule has 0 saturated carbocycles. The molecular formula is C20H16ClN3O. The van der Waals surface area contributed by atoms with Gasteiger partial charge in [-0.25, -0.2) is 4.98 Å². The average molecular weight is 350 g/mol. The van der Waals surface area contributed by atoms with Gasteiger partial charge in [0.25, 0.3) is 5.91 Å². The summed E-state index contributed by atoms with van der Waals surface area (Å²) in [7, 11) is 0. The van der Waals surface area contributed by atoms with Crippen LogP contribution in [0.2, 0.25) is 0 Å². The highest BCUT2D eigenvalue weighted by molar-refractivity contribution is 6.08. The number of nitrogens with one attached hydrogen (secondary N) is 2. The first kappa shape index (κ1) is 16.7. The van der Waals surface area contributed by atoms with E-state index in [1.807, 2.05) is 60.7 Å². The van der Waals surface area contributed by atoms with E-state index in [9.17, 15) is 4.79 Å². The summed E-state index contributed by atoms with van der Waals surface area (Å²) in [6.07, 6.45) is 0. The number of pyridine rings is 1. The van der Waals surface area contributed by atoms with Crippen molar-refractivity contribution in [2.24, 2.45) is 5.73 Å². The standard InChI is InChI=1S/C20H15N3O.ClH/c21-20(24)15-9-3-6-12-18(15)23-19-13-7-1-4-10-16(13)22-17-11-5-2-8-14(17)19;/h1-12H,(H2,21,24)(H,22,23);1H. The number of aromatic nitrogens is 1. The van der Waals surface area contributed by atoms with E-state index in [4.69, 9.17) is 5.73 Å². The molecule has 4 nitrogen and oxygen atoms in total. The maximum atomic E-state index is 11.7. The van der Waals surface area contributed by atoms with E-state index in [-0.39, 0.29) is 12.4 Å². The fraction of sp³-hybridized carbons (Fsp3) is 0. The predicted molar refractivity (Wildman–Crippen MR) is 96.3 cm³/mol. The number of para-hydroxylation sites is 3. The van der Waals surface area contributed by atoms with Crippen LogP contribution in [0.15, 0.2) is 72.8 Å². The zero-order chi connectivity index (χ0) is 16.5. The molecule has 0 fully saturated rings. The summed E-state index contributed by atoms with van der Waals surface area (Å²) in [5, 5.41) is 5.52. The van der Waals surface area contributed by atoms with Gasteiger partial charge in [0.2, 0.25) is 11.0 Å². The summed E-state index contributed by atoms with van der Waals surface area (Å²) in [4.78, 5) is 15.2. The first-order valence-corrected chi connectivity index (χ1v) is 7.72. The SMILES string of the molecule is NC(=O)c1ccccc1Nc1c2ccccc2[nH+]c2ccccc12.[Cl-]. The number of carbonyl (C=O) groups is 1. The lowest BCUT2D eigenvalue weighted by Gasteiger charge is -2.12. The number of hydrogen-bond donors (Lipinski definition) is 2. The highest BCUT2D eigenvalue weighted by Gasteiger charge is 2.15. The Balaban J connectivity index is 0.00000182. The van der Waals surface area contributed by atoms with Crippen LogP contribution in [-0.2, 0) is 0 Å². The van der Waals surface area contributed by atoms with Crippen molar-refractivity contribution in [2.45, 2.75) is 0 Å². The van der Waals surface area contributed by atoms with Crippen molar-refractivity contribution in [1.29, 1.82) is 0 Å². The fourth-order valence-electron chi connectivity index (χ4n) is 2.99. The van der Waals surface area contributed by atoms with Gasteiger partial charge in [-0.3, -0.25) is 4.79 Å². The molecule has 124 valence electrons. The molecule has 4 N–H and O–H groups in total. The van der Waals surface area contributed by atoms with E-state index in [0.29, 0.717) is 11.3 Å². The van der Waals surface area contributed by atoms with Gasteiger partial charge in [-0.15, -0.1) is 0 Å². The van der Waals surface area contributed by atoms with Gasteiger partial charge in [-0.05, 0) is 24.3 Å². The molecule has 5 heteroatoms. The number of nitrogens with two attached hydrogens (primary N) is 1. The van der Waals surface area contributed by atoms with Crippen LogP contribution in [0.3, 0.4) is 0 Å². The van der Waals surface area contributed by atoms with Gasteiger partial charge in [-0.1, -0.05) is 36.4 Å². The van der Waals surface area contributed by atoms with Gasteiger partial charge in [0.1, 0.15) is 0 Å². The summed E-state index contributed by atoms with van der Waals surface area (Å²) in [5.74, 6) is -0.450. The predicted octanol–water partition coefficient (Wildman–Crippen LogP) is 0.654. The number of hydrogen-bond acceptors (Lipinski definition) is 2. The topological polar surface area (TPSA) is 69.3 Å². The molecule has 0 bridgehead atoms. The Kier molecular flexibility index (Phi) is 4.55. The van der Waals surface area contributed by atoms with Crippen molar-refractivity contribution in [3.63, 3.8) is 0 Å². The molecule has 0 aliphatic rings. The molecule has 4 rings (SSSR count). The van der Waals surface area contributed by atoms with E-state index < -0.39 is 5.91 Å². The Labute approximate surface area is 151 Å². The van der Waals surface area contributed by atoms with Gasteiger partial charge in [0.15, 0.2) is 0 Å². The number of amides is 1. The molecule has 4 aromatic rings. The normalized spacial score (nSPS) is 10.4. The maximum Gasteiger partial charge on any atom is 0.250 e. The van der Waals surface area contributed by atoms with Crippen LogP contribution in [0, 0.1) is 0 Å². The van der Waals surface area contributed by atoms with Crippen LogP contribution >= 0.6 is 0 Å². The van der Waals surface area contributed by atoms with Crippen molar-refractivity contribution in [3.05, 3.63) is 78.4 Å². The Morgan fingerprint density at radius 1 is 0.800 bits per heavy atom. The number of aromatic amines is 1. The Morgan fingerprint density at radius 2 is 1.32 bits per heavy atom. The van der Waals surface area contributed by atoms with Gasteiger partial charge in [0, 0.05) is 12.1 Å². The first-order valence-electron chi connectivity index (χ1n) is 7.72. The minimum Gasteiger partial charge on any atom is -1.00 e. The first-order chi connectivity index (χ1) is 11.7. The number of halogens is 1. The van der Waals surface area contributed by atoms with Crippen LogP contribution in [-0.4, -0.2) is 5.91 Å². The van der Waals surface area contributed by atoms with Crippen LogP contribution in [0.25, 0.3) is 21.8 Å². The zero-order valence-electron chi connectivity index (χ0n) is 13.3. The third-order valence-corrected chi connectivity index (χ3v) is 4.11. The third kappa shape index (κ3) is 2.99. The smallest absolute Gasteiger partial charge is 0.250 e. The average Bonchev–Trinajstić information content (AvgIpc) is 2.62. The minimum absolute atomic E-state index is 0. The Bertz CT molecular complexity index is 1020. The van der Waals surface area contributed by atoms with Crippen molar-refractivity contribution in [3.8, 4) is 0 Å². The molecular weight excluding hydrogens is 334 g/mol. The number of fused-ring (bicyclic) bond motifs is 2. The molecule has 0 aliphatic heterocycles. The van der Waals surface area contributed by atoms with Crippen molar-refractivity contribution >= 4 is 39.1 Å². The molecule has 1 aromatic heterocycles. The number of carbonyl (C=O) groups excluding carboxylic acids is 1. The Morgan fingerprint density at radius 3 is 1.92 bits per heavy atom. The van der Waals surface area contributed by atoms with E-state index in [0.717, 1.165) is 27.5 Å². The lowest BCUT2D eigenvalue weighted by atomic mass is 10.1. The number of primary amides is 1. The highest BCUT2D eigenvalue weighted by atomic mass is 35.5. The van der Waals surface area contributed by atoms with Gasteiger partial charge in [-0.2, -0.15) is 0 Å². The molecule has 0 radical (unpaired) electrons. The summed E-state index contributed by atoms with van der Waals surface area (Å²) >= 11 is 0. The van der Waals surface area contributed by atoms with Gasteiger partial charge >= 0.3 is 0 Å². The van der Waals surface area contributed by atoms with Crippen LogP contribution in [0.1, 0.15) is 10.4 Å². The molecule has 25 heavy (non-hydrogen) atoms. The zero-order valence-corrected chi connectivity index (χ0v) is 14.0. The van der Waals surface area contributed by atoms with E-state index in [1.165, 1.54) is 0 Å². The highest BCUT2D eigenvalue weighted by Crippen LogP contribution is 2.32. The molecule has 0 saturated heterocycles. The van der Waals surface area contributed by atoms with E-state index >= 15 is 0 Å². The van der Waals surface area contributed by atoms with Crippen molar-refractivity contribution < 1.29 is 22.2 Å². The number of H-pyrrole nitrogens is 1. The van der Waals surface area contributed by atoms with Gasteiger partial charge < -0.3 is 23.5 Å². The second kappa shape index (κ2) is 6.79. The minimum atomic E-state index is -0.450. The Hall–Kier alpha value is -3.11. The molecule has 1 amide bonds. The second-order valence-electron chi connectivity index (χ2n) is 5.63. The second-order valence-corrected chi connectivity index (χ2v) is 5.63. The van der Waals surface area contributed by atoms with E-state index in [1.54, 1.807) is 12.1 Å². The van der Waals surface area contributed by atoms with Crippen LogP contribution < -0.4 is 28.4 Å². The summed E-state index contributed by atoms with van der Waals surface area (Å²) < 4.78 is 0. The summed E-state index contributed by atoms with van der Waals surface area (Å²) in [6.45, 7) is 0. The van der Waals surface area contributed by atoms with Gasteiger partial charge in [0.05, 0.1) is 27.7 Å². The van der Waals surface area contributed by atoms with Crippen LogP contribution in [0.5, 0.6) is 0 Å². The third-order valence-electron chi connectivity index (χ3n) is 4.11. The van der Waals surface area contributed by atoms with Crippen molar-refractivity contribution in [2.75, 3.05) is 5.32 Å². The quantitative estimate of drug-likeness (QED) is 0.533. The maximum absolute atomic E-state index is 11.7. The van der Waals surface area contributed by atoms with E-state index in [2.05, 4.69) is 10.3 Å². The summed E-state index contributed by atoms with van der Waals surface area (Å²) in [5.41, 5.74) is 9.68. The monoisotopic (exact) mass is 349 g/mol. The lowest BCUT2D eigenvalue weighted by molar-refractivity contribution is -0.310. The molecule has 0 aliphatic carbocycles. The summed E-state index contributed by atoms with van der Waals surface area (Å²) in [6, 6.07) is 23.4. The fourth-order valence-corrected chi connectivity index (χ4v) is 2.99.